The zero-order valence-corrected chi connectivity index (χ0v) is 15.6. The Morgan fingerprint density at radius 2 is 1.69 bits per heavy atom. The van der Waals surface area contributed by atoms with Crippen LogP contribution in [0.2, 0.25) is 0 Å². The minimum Gasteiger partial charge on any atom is -0.267 e. The summed E-state index contributed by atoms with van der Waals surface area (Å²) in [6.07, 6.45) is 5.10. The highest BCUT2D eigenvalue weighted by molar-refractivity contribution is 5.94. The Morgan fingerprint density at radius 3 is 2.41 bits per heavy atom. The van der Waals surface area contributed by atoms with Crippen molar-refractivity contribution >= 4 is 12.1 Å². The number of hydrogen-bond donors (Lipinski definition) is 1. The normalized spacial score (nSPS) is 10.9. The van der Waals surface area contributed by atoms with Crippen molar-refractivity contribution < 1.29 is 4.79 Å². The van der Waals surface area contributed by atoms with Crippen molar-refractivity contribution in [1.82, 2.24) is 20.2 Å². The van der Waals surface area contributed by atoms with Gasteiger partial charge in [0.2, 0.25) is 0 Å². The third kappa shape index (κ3) is 4.62. The molecule has 0 atom stereocenters. The molecule has 142 valence electrons. The predicted molar refractivity (Wildman–Crippen MR) is 113 cm³/mol. The van der Waals surface area contributed by atoms with Gasteiger partial charge in [0.05, 0.1) is 12.8 Å². The molecule has 0 spiro atoms. The van der Waals surface area contributed by atoms with E-state index in [0.29, 0.717) is 12.2 Å². The molecule has 0 radical (unpaired) electrons. The molecule has 4 rings (SSSR count). The van der Waals surface area contributed by atoms with Gasteiger partial charge in [0, 0.05) is 23.5 Å². The number of nitrogens with zero attached hydrogens (tertiary/aromatic N) is 4. The highest BCUT2D eigenvalue weighted by Crippen LogP contribution is 2.21. The van der Waals surface area contributed by atoms with Gasteiger partial charge in [-0.05, 0) is 17.7 Å². The van der Waals surface area contributed by atoms with Crippen molar-refractivity contribution in [2.24, 2.45) is 5.10 Å². The van der Waals surface area contributed by atoms with Crippen LogP contribution in [0.3, 0.4) is 0 Å². The molecule has 0 aliphatic heterocycles. The fourth-order valence-corrected chi connectivity index (χ4v) is 2.92. The molecule has 0 saturated heterocycles. The number of nitrogens with one attached hydrogen (secondary N) is 1. The molecule has 2 aromatic heterocycles. The molecule has 0 aliphatic carbocycles. The molecule has 0 fully saturated rings. The molecule has 0 bridgehead atoms. The number of carbonyl (C=O) groups excluding carboxylic acids is 1. The topological polar surface area (TPSA) is 72.2 Å². The summed E-state index contributed by atoms with van der Waals surface area (Å²) in [6, 6.07) is 25.2. The van der Waals surface area contributed by atoms with Crippen LogP contribution in [0.25, 0.3) is 11.3 Å². The predicted octanol–water partition coefficient (Wildman–Crippen LogP) is 3.76. The van der Waals surface area contributed by atoms with Gasteiger partial charge in [0.1, 0.15) is 11.4 Å². The van der Waals surface area contributed by atoms with Crippen LogP contribution in [-0.4, -0.2) is 26.9 Å². The third-order valence-corrected chi connectivity index (χ3v) is 4.29. The zero-order chi connectivity index (χ0) is 19.9. The molecule has 0 saturated carbocycles. The molecule has 2 heterocycles. The molecule has 1 amide bonds. The molecule has 4 aromatic rings. The van der Waals surface area contributed by atoms with Crippen molar-refractivity contribution in [2.75, 3.05) is 0 Å². The Bertz CT molecular complexity index is 1110. The summed E-state index contributed by atoms with van der Waals surface area (Å²) in [6.45, 7) is 0.648. The molecule has 0 aliphatic rings. The van der Waals surface area contributed by atoms with Crippen LogP contribution in [0.15, 0.2) is 96.4 Å². The van der Waals surface area contributed by atoms with Crippen LogP contribution >= 0.6 is 0 Å². The number of carbonyl (C=O) groups is 1. The first-order chi connectivity index (χ1) is 14.3. The van der Waals surface area contributed by atoms with Gasteiger partial charge in [-0.1, -0.05) is 66.7 Å². The fraction of sp³-hybridized carbons (Fsp3) is 0.0435. The Kier molecular flexibility index (Phi) is 5.53. The minimum atomic E-state index is -0.361. The second-order valence-corrected chi connectivity index (χ2v) is 6.40. The Morgan fingerprint density at radius 1 is 0.966 bits per heavy atom. The third-order valence-electron chi connectivity index (χ3n) is 4.29. The lowest BCUT2D eigenvalue weighted by Crippen LogP contribution is -2.18. The molecule has 6 nitrogen and oxygen atoms in total. The van der Waals surface area contributed by atoms with Gasteiger partial charge in [-0.15, -0.1) is 0 Å². The molecule has 1 N–H and O–H groups in total. The van der Waals surface area contributed by atoms with Gasteiger partial charge >= 0.3 is 0 Å². The Labute approximate surface area is 168 Å². The van der Waals surface area contributed by atoms with E-state index in [4.69, 9.17) is 5.10 Å². The van der Waals surface area contributed by atoms with E-state index in [2.05, 4.69) is 27.6 Å². The first kappa shape index (κ1) is 18.3. The van der Waals surface area contributed by atoms with Crippen molar-refractivity contribution in [3.05, 3.63) is 108 Å². The first-order valence-electron chi connectivity index (χ1n) is 9.21. The first-order valence-corrected chi connectivity index (χ1v) is 9.21. The van der Waals surface area contributed by atoms with Crippen molar-refractivity contribution in [2.45, 2.75) is 6.54 Å². The minimum absolute atomic E-state index is 0.313. The van der Waals surface area contributed by atoms with E-state index in [9.17, 15) is 4.79 Å². The van der Waals surface area contributed by atoms with Crippen LogP contribution in [0.4, 0.5) is 0 Å². The standard InChI is InChI=1S/C23H19N5O/c29-23(21-13-7-8-14-24-21)26-25-15-20-17-28(16-18-9-3-1-4-10-18)27-22(20)19-11-5-2-6-12-19/h1-15,17H,16H2,(H,26,29)/b25-15-. The average molecular weight is 381 g/mol. The number of aromatic nitrogens is 3. The molecule has 0 unspecified atom stereocenters. The summed E-state index contributed by atoms with van der Waals surface area (Å²) in [5, 5.41) is 8.84. The number of benzene rings is 2. The van der Waals surface area contributed by atoms with Crippen molar-refractivity contribution in [1.29, 1.82) is 0 Å². The Hall–Kier alpha value is -4.06. The van der Waals surface area contributed by atoms with Crippen molar-refractivity contribution in [3.8, 4) is 11.3 Å². The van der Waals surface area contributed by atoms with E-state index in [-0.39, 0.29) is 5.91 Å². The van der Waals surface area contributed by atoms with E-state index in [1.807, 2.05) is 59.4 Å². The number of hydrogen-bond acceptors (Lipinski definition) is 4. The monoisotopic (exact) mass is 381 g/mol. The summed E-state index contributed by atoms with van der Waals surface area (Å²) < 4.78 is 1.87. The quantitative estimate of drug-likeness (QED) is 0.408. The second kappa shape index (κ2) is 8.75. The van der Waals surface area contributed by atoms with Gasteiger partial charge in [-0.3, -0.25) is 14.5 Å². The van der Waals surface area contributed by atoms with Gasteiger partial charge in [-0.2, -0.15) is 10.2 Å². The second-order valence-electron chi connectivity index (χ2n) is 6.40. The lowest BCUT2D eigenvalue weighted by atomic mass is 10.1. The Balaban J connectivity index is 1.58. The van der Waals surface area contributed by atoms with Gasteiger partial charge in [-0.25, -0.2) is 5.43 Å². The van der Waals surface area contributed by atoms with Crippen LogP contribution < -0.4 is 5.43 Å². The van der Waals surface area contributed by atoms with Crippen LogP contribution in [0.5, 0.6) is 0 Å². The van der Waals surface area contributed by atoms with Gasteiger partial charge in [0.15, 0.2) is 0 Å². The average Bonchev–Trinajstić information content (AvgIpc) is 3.18. The molecular formula is C23H19N5O. The fourth-order valence-electron chi connectivity index (χ4n) is 2.92. The van der Waals surface area contributed by atoms with E-state index < -0.39 is 0 Å². The lowest BCUT2D eigenvalue weighted by molar-refractivity contribution is 0.0950. The summed E-state index contributed by atoms with van der Waals surface area (Å²) in [7, 11) is 0. The number of amides is 1. The summed E-state index contributed by atoms with van der Waals surface area (Å²) >= 11 is 0. The van der Waals surface area contributed by atoms with Gasteiger partial charge in [0.25, 0.3) is 5.91 Å². The highest BCUT2D eigenvalue weighted by Gasteiger charge is 2.11. The van der Waals surface area contributed by atoms with Crippen LogP contribution in [0.1, 0.15) is 21.6 Å². The molecular weight excluding hydrogens is 362 g/mol. The van der Waals surface area contributed by atoms with Crippen LogP contribution in [0, 0.1) is 0 Å². The van der Waals surface area contributed by atoms with E-state index >= 15 is 0 Å². The summed E-state index contributed by atoms with van der Waals surface area (Å²) in [5.74, 6) is -0.361. The van der Waals surface area contributed by atoms with E-state index in [1.165, 1.54) is 0 Å². The number of rotatable bonds is 6. The maximum atomic E-state index is 12.1. The van der Waals surface area contributed by atoms with Gasteiger partial charge < -0.3 is 0 Å². The molecule has 6 heteroatoms. The summed E-state index contributed by atoms with van der Waals surface area (Å²) in [5.41, 5.74) is 6.58. The largest absolute Gasteiger partial charge is 0.289 e. The summed E-state index contributed by atoms with van der Waals surface area (Å²) in [4.78, 5) is 16.1. The number of hydrazone groups is 1. The maximum Gasteiger partial charge on any atom is 0.289 e. The molecule has 2 aromatic carbocycles. The van der Waals surface area contributed by atoms with E-state index in [0.717, 1.165) is 22.4 Å². The zero-order valence-electron chi connectivity index (χ0n) is 15.6. The lowest BCUT2D eigenvalue weighted by Gasteiger charge is -2.01. The highest BCUT2D eigenvalue weighted by atomic mass is 16.2. The SMILES string of the molecule is O=C(N/N=C\c1cn(Cc2ccccc2)nc1-c1ccccc1)c1ccccn1. The van der Waals surface area contributed by atoms with Crippen molar-refractivity contribution in [3.63, 3.8) is 0 Å². The number of pyridine rings is 1. The smallest absolute Gasteiger partial charge is 0.267 e. The van der Waals surface area contributed by atoms with E-state index in [1.54, 1.807) is 30.6 Å². The molecule has 29 heavy (non-hydrogen) atoms. The maximum absolute atomic E-state index is 12.1. The van der Waals surface area contributed by atoms with Crippen LogP contribution in [-0.2, 0) is 6.54 Å².